The van der Waals surface area contributed by atoms with Gasteiger partial charge in [-0.25, -0.2) is 14.8 Å². The number of carbonyl (C=O) groups excluding carboxylic acids is 1. The van der Waals surface area contributed by atoms with Gasteiger partial charge >= 0.3 is 12.1 Å². The lowest BCUT2D eigenvalue weighted by Gasteiger charge is -2.34. The molecule has 4 heterocycles. The summed E-state index contributed by atoms with van der Waals surface area (Å²) in [7, 11) is 1.40. The standard InChI is InChI=1S/C27H30N6O4/c1-16-6-7-19-21(32(16)27(36)37-2)8-9-22-24(19)30-23(15-31-13-10-20-25(31)29-12-11-28-20)33(22)18-5-3-4-17(14-18)26(34)35/h8-13,16-18H,3-7,14-15H2,1-2H3,(H,34,35)/t16-,17+,18+/m0/s1. The highest BCUT2D eigenvalue weighted by atomic mass is 16.5. The number of benzene rings is 1. The zero-order valence-corrected chi connectivity index (χ0v) is 21.0. The van der Waals surface area contributed by atoms with Crippen molar-refractivity contribution in [2.45, 2.75) is 64.1 Å². The van der Waals surface area contributed by atoms with Gasteiger partial charge in [-0.05, 0) is 57.2 Å². The number of imidazole rings is 1. The van der Waals surface area contributed by atoms with Crippen LogP contribution in [0, 0.1) is 5.92 Å². The molecule has 3 atom stereocenters. The third kappa shape index (κ3) is 3.91. The van der Waals surface area contributed by atoms with Crippen LogP contribution in [0.25, 0.3) is 22.2 Å². The van der Waals surface area contributed by atoms with Crippen LogP contribution >= 0.6 is 0 Å². The van der Waals surface area contributed by atoms with Crippen LogP contribution < -0.4 is 4.90 Å². The molecule has 10 nitrogen and oxygen atoms in total. The Balaban J connectivity index is 1.51. The van der Waals surface area contributed by atoms with Gasteiger partial charge in [-0.1, -0.05) is 6.42 Å². The maximum atomic E-state index is 12.6. The Bertz CT molecular complexity index is 1510. The monoisotopic (exact) mass is 502 g/mol. The number of amides is 1. The molecule has 1 aliphatic carbocycles. The van der Waals surface area contributed by atoms with Crippen molar-refractivity contribution in [2.24, 2.45) is 5.92 Å². The summed E-state index contributed by atoms with van der Waals surface area (Å²) in [6.07, 6.45) is 9.59. The van der Waals surface area contributed by atoms with E-state index in [9.17, 15) is 14.7 Å². The first-order chi connectivity index (χ1) is 18.0. The normalized spacial score (nSPS) is 21.8. The van der Waals surface area contributed by atoms with Crippen molar-refractivity contribution >= 4 is 39.9 Å². The molecule has 3 aromatic heterocycles. The largest absolute Gasteiger partial charge is 0.481 e. The molecular formula is C27H30N6O4. The summed E-state index contributed by atoms with van der Waals surface area (Å²) in [5.41, 5.74) is 5.30. The Morgan fingerprint density at radius 1 is 1.14 bits per heavy atom. The summed E-state index contributed by atoms with van der Waals surface area (Å²) in [4.78, 5) is 40.3. The zero-order chi connectivity index (χ0) is 25.7. The minimum absolute atomic E-state index is 0.0263. The topological polar surface area (TPSA) is 115 Å². The lowest BCUT2D eigenvalue weighted by atomic mass is 9.85. The SMILES string of the molecule is COC(=O)N1c2ccc3c(nc(Cn4ccc5nccnc54)n3[C@@H]3CCC[C@@H](C(=O)O)C3)c2CC[C@@H]1C. The Morgan fingerprint density at radius 2 is 1.97 bits per heavy atom. The molecule has 0 radical (unpaired) electrons. The van der Waals surface area contributed by atoms with E-state index in [1.165, 1.54) is 7.11 Å². The molecule has 1 amide bonds. The maximum absolute atomic E-state index is 12.6. The predicted molar refractivity (Wildman–Crippen MR) is 138 cm³/mol. The molecule has 2 aliphatic rings. The third-order valence-electron chi connectivity index (χ3n) is 7.96. The molecule has 1 fully saturated rings. The number of aryl methyl sites for hydroxylation is 1. The van der Waals surface area contributed by atoms with Gasteiger partial charge in [-0.2, -0.15) is 0 Å². The van der Waals surface area contributed by atoms with Crippen LogP contribution in [-0.4, -0.2) is 54.4 Å². The number of hydrogen-bond acceptors (Lipinski definition) is 6. The fraction of sp³-hybridized carbons (Fsp3) is 0.444. The van der Waals surface area contributed by atoms with Gasteiger partial charge in [0.15, 0.2) is 5.65 Å². The van der Waals surface area contributed by atoms with E-state index in [0.29, 0.717) is 19.4 Å². The van der Waals surface area contributed by atoms with E-state index >= 15 is 0 Å². The van der Waals surface area contributed by atoms with Crippen molar-refractivity contribution in [2.75, 3.05) is 12.0 Å². The van der Waals surface area contributed by atoms with Gasteiger partial charge in [-0.15, -0.1) is 0 Å². The van der Waals surface area contributed by atoms with Crippen LogP contribution in [0.4, 0.5) is 10.5 Å². The smallest absolute Gasteiger partial charge is 0.414 e. The molecular weight excluding hydrogens is 472 g/mol. The van der Waals surface area contributed by atoms with E-state index in [4.69, 9.17) is 9.72 Å². The molecule has 0 saturated heterocycles. The van der Waals surface area contributed by atoms with Crippen LogP contribution in [0.2, 0.25) is 0 Å². The van der Waals surface area contributed by atoms with Crippen molar-refractivity contribution in [3.63, 3.8) is 0 Å². The van der Waals surface area contributed by atoms with E-state index < -0.39 is 5.97 Å². The van der Waals surface area contributed by atoms with Crippen molar-refractivity contribution in [1.82, 2.24) is 24.1 Å². The van der Waals surface area contributed by atoms with Crippen LogP contribution in [0.15, 0.2) is 36.8 Å². The number of carbonyl (C=O) groups is 2. The van der Waals surface area contributed by atoms with Gasteiger partial charge in [0.05, 0.1) is 36.3 Å². The van der Waals surface area contributed by atoms with Gasteiger partial charge < -0.3 is 19.0 Å². The Labute approximate surface area is 213 Å². The second kappa shape index (κ2) is 9.17. The van der Waals surface area contributed by atoms with E-state index in [0.717, 1.165) is 65.0 Å². The highest BCUT2D eigenvalue weighted by Crippen LogP contribution is 2.40. The third-order valence-corrected chi connectivity index (χ3v) is 7.96. The lowest BCUT2D eigenvalue weighted by Crippen LogP contribution is -2.42. The number of rotatable bonds is 4. The van der Waals surface area contributed by atoms with E-state index in [1.54, 1.807) is 17.3 Å². The summed E-state index contributed by atoms with van der Waals surface area (Å²) in [5.74, 6) is -0.246. The molecule has 0 spiro atoms. The molecule has 1 saturated carbocycles. The second-order valence-corrected chi connectivity index (χ2v) is 10.1. The minimum atomic E-state index is -0.734. The first-order valence-corrected chi connectivity index (χ1v) is 12.8. The van der Waals surface area contributed by atoms with Crippen molar-refractivity contribution in [3.8, 4) is 0 Å². The Morgan fingerprint density at radius 3 is 2.78 bits per heavy atom. The molecule has 37 heavy (non-hydrogen) atoms. The Hall–Kier alpha value is -3.95. The van der Waals surface area contributed by atoms with Gasteiger partial charge in [0.25, 0.3) is 0 Å². The number of methoxy groups -OCH3 is 1. The number of carboxylic acid groups (broad SMARTS) is 1. The molecule has 0 bridgehead atoms. The maximum Gasteiger partial charge on any atom is 0.414 e. The predicted octanol–water partition coefficient (Wildman–Crippen LogP) is 4.55. The zero-order valence-electron chi connectivity index (χ0n) is 21.0. The molecule has 6 rings (SSSR count). The van der Waals surface area contributed by atoms with Gasteiger partial charge in [0.1, 0.15) is 11.3 Å². The van der Waals surface area contributed by atoms with Crippen molar-refractivity contribution in [1.29, 1.82) is 0 Å². The number of nitrogens with zero attached hydrogens (tertiary/aromatic N) is 6. The molecule has 10 heteroatoms. The highest BCUT2D eigenvalue weighted by molar-refractivity contribution is 5.95. The van der Waals surface area contributed by atoms with Gasteiger partial charge in [0, 0.05) is 36.2 Å². The number of aliphatic carboxylic acids is 1. The fourth-order valence-electron chi connectivity index (χ4n) is 6.16. The molecule has 1 N–H and O–H groups in total. The Kier molecular flexibility index (Phi) is 5.81. The number of hydrogen-bond donors (Lipinski definition) is 1. The number of anilines is 1. The van der Waals surface area contributed by atoms with Gasteiger partial charge in [0.2, 0.25) is 0 Å². The number of fused-ring (bicyclic) bond motifs is 4. The van der Waals surface area contributed by atoms with Crippen LogP contribution in [0.3, 0.4) is 0 Å². The number of carboxylic acids is 1. The minimum Gasteiger partial charge on any atom is -0.481 e. The highest BCUT2D eigenvalue weighted by Gasteiger charge is 2.34. The molecule has 1 aliphatic heterocycles. The first kappa shape index (κ1) is 23.4. The quantitative estimate of drug-likeness (QED) is 0.435. The summed E-state index contributed by atoms with van der Waals surface area (Å²) in [5, 5.41) is 9.76. The fourth-order valence-corrected chi connectivity index (χ4v) is 6.16. The summed E-state index contributed by atoms with van der Waals surface area (Å²) in [6, 6.07) is 6.00. The van der Waals surface area contributed by atoms with E-state index in [-0.39, 0.29) is 24.1 Å². The molecule has 0 unspecified atom stereocenters. The van der Waals surface area contributed by atoms with Crippen LogP contribution in [0.5, 0.6) is 0 Å². The van der Waals surface area contributed by atoms with Gasteiger partial charge in [-0.3, -0.25) is 14.7 Å². The second-order valence-electron chi connectivity index (χ2n) is 10.1. The van der Waals surface area contributed by atoms with Crippen molar-refractivity contribution in [3.05, 3.63) is 48.2 Å². The van der Waals surface area contributed by atoms with E-state index in [1.807, 2.05) is 35.9 Å². The van der Waals surface area contributed by atoms with Crippen LogP contribution in [-0.2, 0) is 22.5 Å². The van der Waals surface area contributed by atoms with E-state index in [2.05, 4.69) is 14.5 Å². The first-order valence-electron chi connectivity index (χ1n) is 12.8. The summed E-state index contributed by atoms with van der Waals surface area (Å²) in [6.45, 7) is 2.51. The summed E-state index contributed by atoms with van der Waals surface area (Å²) >= 11 is 0. The number of ether oxygens (including phenoxy) is 1. The average Bonchev–Trinajstić information content (AvgIpc) is 3.49. The number of aromatic nitrogens is 5. The van der Waals surface area contributed by atoms with Crippen LogP contribution in [0.1, 0.15) is 56.5 Å². The molecule has 192 valence electrons. The van der Waals surface area contributed by atoms with Crippen molar-refractivity contribution < 1.29 is 19.4 Å². The summed E-state index contributed by atoms with van der Waals surface area (Å²) < 4.78 is 9.37. The molecule has 4 aromatic rings. The molecule has 1 aromatic carbocycles. The average molecular weight is 503 g/mol. The lowest BCUT2D eigenvalue weighted by molar-refractivity contribution is -0.143.